The van der Waals surface area contributed by atoms with Crippen LogP contribution < -0.4 is 0 Å². The smallest absolute Gasteiger partial charge is 0.0502 e. The molecule has 68 valence electrons. The minimum atomic E-state index is 0.508. The average Bonchev–Trinajstić information content (AvgIpc) is 2.49. The molecule has 1 N–H and O–H groups in total. The maximum atomic E-state index is 6.13. The van der Waals surface area contributed by atoms with Gasteiger partial charge in [0, 0.05) is 17.1 Å². The predicted octanol–water partition coefficient (Wildman–Crippen LogP) is 3.94. The van der Waals surface area contributed by atoms with E-state index in [9.17, 15) is 0 Å². The number of hydrogen-bond acceptors (Lipinski definition) is 0. The molecule has 0 bridgehead atoms. The summed E-state index contributed by atoms with van der Waals surface area (Å²) in [6.45, 7) is 4.35. The minimum absolute atomic E-state index is 0.508. The molecule has 0 atom stereocenters. The number of nitrogens with one attached hydrogen (secondary N) is 1. The highest BCUT2D eigenvalue weighted by atomic mass is 35.5. The SMILES string of the molecule is CC(C)c1c[nH]c2cccc(Cl)c12. The van der Waals surface area contributed by atoms with Crippen LogP contribution in [0.1, 0.15) is 25.3 Å². The molecule has 2 aromatic rings. The van der Waals surface area contributed by atoms with Gasteiger partial charge in [-0.2, -0.15) is 0 Å². The molecule has 13 heavy (non-hydrogen) atoms. The Balaban J connectivity index is 2.79. The Morgan fingerprint density at radius 2 is 2.08 bits per heavy atom. The molecule has 2 rings (SSSR count). The maximum Gasteiger partial charge on any atom is 0.0502 e. The Labute approximate surface area is 82.7 Å². The summed E-state index contributed by atoms with van der Waals surface area (Å²) in [7, 11) is 0. The molecule has 0 saturated carbocycles. The van der Waals surface area contributed by atoms with Crippen LogP contribution >= 0.6 is 11.6 Å². The Morgan fingerprint density at radius 3 is 2.77 bits per heavy atom. The van der Waals surface area contributed by atoms with Crippen molar-refractivity contribution in [1.82, 2.24) is 4.98 Å². The molecular formula is C11H12ClN. The molecule has 1 heterocycles. The summed E-state index contributed by atoms with van der Waals surface area (Å²) < 4.78 is 0. The Bertz CT molecular complexity index is 429. The first-order valence-corrected chi connectivity index (χ1v) is 4.83. The molecular weight excluding hydrogens is 182 g/mol. The molecule has 0 amide bonds. The molecule has 0 fully saturated rings. The summed E-state index contributed by atoms with van der Waals surface area (Å²) in [5.74, 6) is 0.508. The van der Waals surface area contributed by atoms with Crippen molar-refractivity contribution >= 4 is 22.5 Å². The lowest BCUT2D eigenvalue weighted by Crippen LogP contribution is -1.83. The molecule has 0 aliphatic heterocycles. The highest BCUT2D eigenvalue weighted by molar-refractivity contribution is 6.35. The lowest BCUT2D eigenvalue weighted by atomic mass is 10.0. The van der Waals surface area contributed by atoms with E-state index in [1.165, 1.54) is 10.9 Å². The third-order valence-corrected chi connectivity index (χ3v) is 2.62. The highest BCUT2D eigenvalue weighted by Crippen LogP contribution is 2.30. The number of hydrogen-bond donors (Lipinski definition) is 1. The van der Waals surface area contributed by atoms with Crippen LogP contribution in [0.5, 0.6) is 0 Å². The zero-order valence-electron chi connectivity index (χ0n) is 7.76. The monoisotopic (exact) mass is 193 g/mol. The van der Waals surface area contributed by atoms with E-state index in [-0.39, 0.29) is 0 Å². The molecule has 0 radical (unpaired) electrons. The summed E-state index contributed by atoms with van der Waals surface area (Å²) in [5.41, 5.74) is 2.41. The highest BCUT2D eigenvalue weighted by Gasteiger charge is 2.09. The number of halogens is 1. The van der Waals surface area contributed by atoms with Crippen molar-refractivity contribution < 1.29 is 0 Å². The molecule has 0 unspecified atom stereocenters. The fraction of sp³-hybridized carbons (Fsp3) is 0.273. The van der Waals surface area contributed by atoms with E-state index in [4.69, 9.17) is 11.6 Å². The number of fused-ring (bicyclic) bond motifs is 1. The molecule has 0 spiro atoms. The van der Waals surface area contributed by atoms with E-state index in [0.717, 1.165) is 10.5 Å². The van der Waals surface area contributed by atoms with Crippen LogP contribution in [0, 0.1) is 0 Å². The van der Waals surface area contributed by atoms with Crippen LogP contribution in [-0.4, -0.2) is 4.98 Å². The molecule has 1 aromatic carbocycles. The van der Waals surface area contributed by atoms with Gasteiger partial charge in [0.2, 0.25) is 0 Å². The van der Waals surface area contributed by atoms with Crippen LogP contribution in [0.4, 0.5) is 0 Å². The van der Waals surface area contributed by atoms with Gasteiger partial charge in [0.1, 0.15) is 0 Å². The number of rotatable bonds is 1. The first kappa shape index (κ1) is 8.64. The number of benzene rings is 1. The van der Waals surface area contributed by atoms with E-state index in [2.05, 4.69) is 18.8 Å². The van der Waals surface area contributed by atoms with Crippen molar-refractivity contribution in [2.45, 2.75) is 19.8 Å². The van der Waals surface area contributed by atoms with Crippen LogP contribution in [0.15, 0.2) is 24.4 Å². The largest absolute Gasteiger partial charge is 0.361 e. The quantitative estimate of drug-likeness (QED) is 0.706. The second kappa shape index (κ2) is 3.08. The van der Waals surface area contributed by atoms with Gasteiger partial charge in [0.15, 0.2) is 0 Å². The normalized spacial score (nSPS) is 11.4. The predicted molar refractivity (Wildman–Crippen MR) is 57.4 cm³/mol. The van der Waals surface area contributed by atoms with Gasteiger partial charge < -0.3 is 4.98 Å². The fourth-order valence-electron chi connectivity index (χ4n) is 1.62. The van der Waals surface area contributed by atoms with Crippen molar-refractivity contribution in [1.29, 1.82) is 0 Å². The van der Waals surface area contributed by atoms with Gasteiger partial charge in [-0.25, -0.2) is 0 Å². The van der Waals surface area contributed by atoms with Gasteiger partial charge in [0.05, 0.1) is 5.02 Å². The maximum absolute atomic E-state index is 6.13. The average molecular weight is 194 g/mol. The second-order valence-electron chi connectivity index (χ2n) is 3.56. The Morgan fingerprint density at radius 1 is 1.31 bits per heavy atom. The van der Waals surface area contributed by atoms with Gasteiger partial charge in [-0.1, -0.05) is 31.5 Å². The van der Waals surface area contributed by atoms with Crippen LogP contribution in [0.25, 0.3) is 10.9 Å². The van der Waals surface area contributed by atoms with E-state index >= 15 is 0 Å². The first-order chi connectivity index (χ1) is 6.20. The van der Waals surface area contributed by atoms with Gasteiger partial charge in [-0.05, 0) is 23.6 Å². The minimum Gasteiger partial charge on any atom is -0.361 e. The number of H-pyrrole nitrogens is 1. The van der Waals surface area contributed by atoms with Crippen molar-refractivity contribution in [2.75, 3.05) is 0 Å². The number of aromatic amines is 1. The zero-order chi connectivity index (χ0) is 9.42. The molecule has 0 aliphatic rings. The van der Waals surface area contributed by atoms with E-state index in [0.29, 0.717) is 5.92 Å². The van der Waals surface area contributed by atoms with Crippen LogP contribution in [-0.2, 0) is 0 Å². The van der Waals surface area contributed by atoms with Crippen molar-refractivity contribution in [3.63, 3.8) is 0 Å². The lowest BCUT2D eigenvalue weighted by molar-refractivity contribution is 0.875. The van der Waals surface area contributed by atoms with E-state index < -0.39 is 0 Å². The first-order valence-electron chi connectivity index (χ1n) is 4.45. The molecule has 0 saturated heterocycles. The summed E-state index contributed by atoms with van der Waals surface area (Å²) in [6, 6.07) is 5.95. The zero-order valence-corrected chi connectivity index (χ0v) is 8.52. The van der Waals surface area contributed by atoms with Crippen LogP contribution in [0.3, 0.4) is 0 Å². The molecule has 2 heteroatoms. The van der Waals surface area contributed by atoms with Gasteiger partial charge in [0.25, 0.3) is 0 Å². The topological polar surface area (TPSA) is 15.8 Å². The summed E-state index contributed by atoms with van der Waals surface area (Å²) >= 11 is 6.13. The molecule has 1 nitrogen and oxygen atoms in total. The fourth-order valence-corrected chi connectivity index (χ4v) is 1.90. The summed E-state index contributed by atoms with van der Waals surface area (Å²) in [5, 5.41) is 2.00. The number of aromatic nitrogens is 1. The van der Waals surface area contributed by atoms with Gasteiger partial charge in [-0.3, -0.25) is 0 Å². The van der Waals surface area contributed by atoms with Crippen molar-refractivity contribution in [3.05, 3.63) is 35.0 Å². The second-order valence-corrected chi connectivity index (χ2v) is 3.97. The Kier molecular flexibility index (Phi) is 2.04. The summed E-state index contributed by atoms with van der Waals surface area (Å²) in [4.78, 5) is 3.23. The third kappa shape index (κ3) is 1.33. The van der Waals surface area contributed by atoms with Crippen molar-refractivity contribution in [3.8, 4) is 0 Å². The Hall–Kier alpha value is -0.950. The van der Waals surface area contributed by atoms with Gasteiger partial charge >= 0.3 is 0 Å². The molecule has 1 aromatic heterocycles. The van der Waals surface area contributed by atoms with Gasteiger partial charge in [-0.15, -0.1) is 0 Å². The van der Waals surface area contributed by atoms with E-state index in [1.54, 1.807) is 0 Å². The summed E-state index contributed by atoms with van der Waals surface area (Å²) in [6.07, 6.45) is 2.04. The lowest BCUT2D eigenvalue weighted by Gasteiger charge is -2.03. The van der Waals surface area contributed by atoms with Crippen LogP contribution in [0.2, 0.25) is 5.02 Å². The standard InChI is InChI=1S/C11H12ClN/c1-7(2)8-6-13-10-5-3-4-9(12)11(8)10/h3-7,13H,1-2H3. The third-order valence-electron chi connectivity index (χ3n) is 2.31. The van der Waals surface area contributed by atoms with Crippen molar-refractivity contribution in [2.24, 2.45) is 0 Å². The molecule has 0 aliphatic carbocycles. The van der Waals surface area contributed by atoms with E-state index in [1.807, 2.05) is 24.4 Å².